The third kappa shape index (κ3) is 4.18. The number of amides is 2. The van der Waals surface area contributed by atoms with Crippen LogP contribution in [0.2, 0.25) is 0 Å². The number of nitrogens with one attached hydrogen (secondary N) is 1. The molecule has 2 amide bonds. The van der Waals surface area contributed by atoms with Crippen LogP contribution in [0, 0.1) is 0 Å². The Morgan fingerprint density at radius 2 is 1.97 bits per heavy atom. The fraction of sp³-hybridized carbons (Fsp3) is 0.333. The van der Waals surface area contributed by atoms with Crippen molar-refractivity contribution in [2.75, 3.05) is 7.11 Å². The zero-order valence-electron chi connectivity index (χ0n) is 16.1. The van der Waals surface area contributed by atoms with E-state index in [0.29, 0.717) is 29.7 Å². The van der Waals surface area contributed by atoms with Gasteiger partial charge in [0, 0.05) is 31.4 Å². The zero-order valence-corrected chi connectivity index (χ0v) is 16.1. The third-order valence-electron chi connectivity index (χ3n) is 5.21. The predicted molar refractivity (Wildman–Crippen MR) is 103 cm³/mol. The average molecular weight is 400 g/mol. The first-order valence-corrected chi connectivity index (χ1v) is 9.29. The number of phenolic OH excluding ortho intramolecular Hbond substituents is 1. The topological polar surface area (TPSA) is 119 Å². The number of hydrogen-bond acceptors (Lipinski definition) is 6. The maximum atomic E-state index is 13.0. The van der Waals surface area contributed by atoms with Gasteiger partial charge in [0.25, 0.3) is 0 Å². The number of hydroxylamine groups is 1. The van der Waals surface area contributed by atoms with Crippen LogP contribution in [0.1, 0.15) is 36.0 Å². The van der Waals surface area contributed by atoms with E-state index in [1.165, 1.54) is 23.6 Å². The SMILES string of the molecule is COc1ccc(CN(C(=O)CCC(=O)NO)[C@]2(O)CCc3ccccc32)cc1O. The minimum Gasteiger partial charge on any atom is -0.504 e. The lowest BCUT2D eigenvalue weighted by molar-refractivity contribution is -0.166. The molecule has 0 radical (unpaired) electrons. The molecule has 2 aromatic rings. The van der Waals surface area contributed by atoms with Gasteiger partial charge in [-0.25, -0.2) is 5.48 Å². The van der Waals surface area contributed by atoms with E-state index in [1.54, 1.807) is 24.3 Å². The molecule has 29 heavy (non-hydrogen) atoms. The van der Waals surface area contributed by atoms with Gasteiger partial charge in [0.1, 0.15) is 0 Å². The van der Waals surface area contributed by atoms with Crippen LogP contribution >= 0.6 is 0 Å². The first-order chi connectivity index (χ1) is 13.9. The maximum absolute atomic E-state index is 13.0. The number of nitrogens with zero attached hydrogens (tertiary/aromatic N) is 1. The second-order valence-corrected chi connectivity index (χ2v) is 6.99. The average Bonchev–Trinajstić information content (AvgIpc) is 3.08. The fourth-order valence-corrected chi connectivity index (χ4v) is 3.71. The Hall–Kier alpha value is -3.10. The molecule has 4 N–H and O–H groups in total. The lowest BCUT2D eigenvalue weighted by Crippen LogP contribution is -2.48. The summed E-state index contributed by atoms with van der Waals surface area (Å²) in [5, 5.41) is 30.2. The lowest BCUT2D eigenvalue weighted by Gasteiger charge is -2.38. The molecule has 1 atom stereocenters. The van der Waals surface area contributed by atoms with Crippen molar-refractivity contribution in [3.05, 3.63) is 59.2 Å². The summed E-state index contributed by atoms with van der Waals surface area (Å²) in [5.41, 5.74) is 2.18. The highest BCUT2D eigenvalue weighted by Crippen LogP contribution is 2.41. The van der Waals surface area contributed by atoms with E-state index >= 15 is 0 Å². The largest absolute Gasteiger partial charge is 0.504 e. The van der Waals surface area contributed by atoms with Gasteiger partial charge in [-0.2, -0.15) is 0 Å². The summed E-state index contributed by atoms with van der Waals surface area (Å²) < 4.78 is 5.05. The molecule has 0 aromatic heterocycles. The fourth-order valence-electron chi connectivity index (χ4n) is 3.71. The number of carbonyl (C=O) groups is 2. The second kappa shape index (κ2) is 8.50. The van der Waals surface area contributed by atoms with Gasteiger partial charge in [0.15, 0.2) is 17.2 Å². The van der Waals surface area contributed by atoms with Crippen LogP contribution in [0.25, 0.3) is 0 Å². The Morgan fingerprint density at radius 3 is 2.66 bits per heavy atom. The predicted octanol–water partition coefficient (Wildman–Crippen LogP) is 1.81. The van der Waals surface area contributed by atoms with E-state index in [4.69, 9.17) is 9.94 Å². The van der Waals surface area contributed by atoms with Gasteiger partial charge in [-0.15, -0.1) is 0 Å². The van der Waals surface area contributed by atoms with Crippen LogP contribution in [0.5, 0.6) is 11.5 Å². The number of rotatable bonds is 7. The van der Waals surface area contributed by atoms with Crippen molar-refractivity contribution in [1.29, 1.82) is 0 Å². The molecule has 0 aliphatic heterocycles. The van der Waals surface area contributed by atoms with Crippen molar-refractivity contribution in [3.8, 4) is 11.5 Å². The van der Waals surface area contributed by atoms with Crippen molar-refractivity contribution in [2.45, 2.75) is 38.0 Å². The smallest absolute Gasteiger partial charge is 0.243 e. The van der Waals surface area contributed by atoms with E-state index < -0.39 is 17.5 Å². The molecule has 1 aliphatic carbocycles. The number of phenols is 1. The number of aliphatic hydroxyl groups is 1. The molecular weight excluding hydrogens is 376 g/mol. The highest BCUT2D eigenvalue weighted by molar-refractivity contribution is 5.83. The molecule has 0 heterocycles. The van der Waals surface area contributed by atoms with E-state index in [2.05, 4.69) is 0 Å². The van der Waals surface area contributed by atoms with E-state index in [9.17, 15) is 19.8 Å². The molecule has 0 bridgehead atoms. The number of ether oxygens (including phenoxy) is 1. The van der Waals surface area contributed by atoms with Crippen LogP contribution < -0.4 is 10.2 Å². The molecule has 154 valence electrons. The lowest BCUT2D eigenvalue weighted by atomic mass is 10.0. The van der Waals surface area contributed by atoms with Gasteiger partial charge in [-0.1, -0.05) is 30.3 Å². The number of carbonyl (C=O) groups excluding carboxylic acids is 2. The molecule has 1 aliphatic rings. The number of methoxy groups -OCH3 is 1. The normalized spacial score (nSPS) is 17.5. The molecule has 0 fully saturated rings. The minimum absolute atomic E-state index is 0.0297. The number of aromatic hydroxyl groups is 1. The maximum Gasteiger partial charge on any atom is 0.243 e. The molecule has 2 aromatic carbocycles. The first kappa shape index (κ1) is 20.6. The molecule has 8 heteroatoms. The van der Waals surface area contributed by atoms with Crippen molar-refractivity contribution in [1.82, 2.24) is 10.4 Å². The highest BCUT2D eigenvalue weighted by atomic mass is 16.5. The Kier molecular flexibility index (Phi) is 6.05. The van der Waals surface area contributed by atoms with Crippen molar-refractivity contribution in [3.63, 3.8) is 0 Å². The van der Waals surface area contributed by atoms with Gasteiger partial charge in [-0.05, 0) is 29.7 Å². The van der Waals surface area contributed by atoms with Crippen molar-refractivity contribution >= 4 is 11.8 Å². The number of benzene rings is 2. The monoisotopic (exact) mass is 400 g/mol. The third-order valence-corrected chi connectivity index (χ3v) is 5.21. The second-order valence-electron chi connectivity index (χ2n) is 6.99. The van der Waals surface area contributed by atoms with Gasteiger partial charge in [-0.3, -0.25) is 14.8 Å². The van der Waals surface area contributed by atoms with Crippen LogP contribution in [-0.4, -0.2) is 39.2 Å². The van der Waals surface area contributed by atoms with Gasteiger partial charge < -0.3 is 19.8 Å². The zero-order chi connectivity index (χ0) is 21.0. The molecule has 0 saturated carbocycles. The number of aryl methyl sites for hydroxylation is 1. The van der Waals surface area contributed by atoms with Crippen LogP contribution in [0.15, 0.2) is 42.5 Å². The standard InChI is InChI=1S/C21H24N2O6/c1-29-18-7-6-14(12-17(18)24)13-23(20(26)9-8-19(25)22-28)21(27)11-10-15-4-2-3-5-16(15)21/h2-7,12,24,27-28H,8-11,13H2,1H3,(H,22,25)/t21-/m0/s1. The molecular formula is C21H24N2O6. The summed E-state index contributed by atoms with van der Waals surface area (Å²) in [7, 11) is 1.44. The van der Waals surface area contributed by atoms with E-state index in [-0.39, 0.29) is 25.1 Å². The van der Waals surface area contributed by atoms with Crippen LogP contribution in [-0.2, 0) is 28.3 Å². The minimum atomic E-state index is -1.53. The summed E-state index contributed by atoms with van der Waals surface area (Å²) in [6.45, 7) is 0.0297. The quantitative estimate of drug-likeness (QED) is 0.320. The summed E-state index contributed by atoms with van der Waals surface area (Å²) >= 11 is 0. The Morgan fingerprint density at radius 1 is 1.21 bits per heavy atom. The van der Waals surface area contributed by atoms with Crippen LogP contribution in [0.3, 0.4) is 0 Å². The number of hydrogen-bond donors (Lipinski definition) is 4. The van der Waals surface area contributed by atoms with Gasteiger partial charge in [0.2, 0.25) is 11.8 Å². The Bertz CT molecular complexity index is 916. The van der Waals surface area contributed by atoms with Gasteiger partial charge in [0.05, 0.1) is 7.11 Å². The van der Waals surface area contributed by atoms with Gasteiger partial charge >= 0.3 is 0 Å². The number of fused-ring (bicyclic) bond motifs is 1. The molecule has 0 saturated heterocycles. The summed E-state index contributed by atoms with van der Waals surface area (Å²) in [5.74, 6) is -0.894. The molecule has 0 unspecified atom stereocenters. The summed E-state index contributed by atoms with van der Waals surface area (Å²) in [4.78, 5) is 25.7. The summed E-state index contributed by atoms with van der Waals surface area (Å²) in [6.07, 6.45) is 0.546. The van der Waals surface area contributed by atoms with Crippen LogP contribution in [0.4, 0.5) is 0 Å². The van der Waals surface area contributed by atoms with Crippen molar-refractivity contribution in [2.24, 2.45) is 0 Å². The van der Waals surface area contributed by atoms with Crippen molar-refractivity contribution < 1.29 is 29.7 Å². The molecule has 8 nitrogen and oxygen atoms in total. The molecule has 3 rings (SSSR count). The Labute approximate surface area is 168 Å². The van der Waals surface area contributed by atoms with E-state index in [0.717, 1.165) is 5.56 Å². The highest BCUT2D eigenvalue weighted by Gasteiger charge is 2.44. The molecule has 0 spiro atoms. The first-order valence-electron chi connectivity index (χ1n) is 9.29. The summed E-state index contributed by atoms with van der Waals surface area (Å²) in [6, 6.07) is 12.1. The van der Waals surface area contributed by atoms with E-state index in [1.807, 2.05) is 12.1 Å². The Balaban J connectivity index is 1.93.